The number of anilines is 1. The van der Waals surface area contributed by atoms with Crippen LogP contribution in [-0.4, -0.2) is 54.5 Å². The van der Waals surface area contributed by atoms with E-state index < -0.39 is 8.32 Å². The molecule has 2 aliphatic heterocycles. The Morgan fingerprint density at radius 1 is 0.774 bits per heavy atom. The summed E-state index contributed by atoms with van der Waals surface area (Å²) in [5, 5.41) is 2.16. The molecule has 6 nitrogen and oxygen atoms in total. The summed E-state index contributed by atoms with van der Waals surface area (Å²) in [6.07, 6.45) is 1.83. The van der Waals surface area contributed by atoms with Crippen molar-refractivity contribution in [3.8, 4) is 0 Å². The monoisotopic (exact) mass is 447 g/mol. The second kappa shape index (κ2) is 9.57. The largest absolute Gasteiger partial charge is 0.493 e. The molecule has 0 radical (unpaired) electrons. The van der Waals surface area contributed by atoms with Crippen molar-refractivity contribution in [1.82, 2.24) is 0 Å². The van der Waals surface area contributed by atoms with E-state index in [1.807, 2.05) is 0 Å². The highest BCUT2D eigenvalue weighted by Gasteiger charge is 2.42. The van der Waals surface area contributed by atoms with Gasteiger partial charge in [0, 0.05) is 26.4 Å². The molecule has 0 unspecified atom stereocenters. The van der Waals surface area contributed by atoms with Gasteiger partial charge < -0.3 is 23.1 Å². The first-order valence-electron chi connectivity index (χ1n) is 11.5. The van der Waals surface area contributed by atoms with Gasteiger partial charge in [0.15, 0.2) is 0 Å². The van der Waals surface area contributed by atoms with Crippen molar-refractivity contribution in [3.63, 3.8) is 0 Å². The average Bonchev–Trinajstić information content (AvgIpc) is 2.71. The minimum Gasteiger partial charge on any atom is -0.407 e. The second-order valence-corrected chi connectivity index (χ2v) is 15.7. The van der Waals surface area contributed by atoms with E-state index in [-0.39, 0.29) is 24.8 Å². The zero-order chi connectivity index (χ0) is 22.9. The Hall–Kier alpha value is -0.833. The first-order valence-corrected chi connectivity index (χ1v) is 14.4. The molecule has 172 valence electrons. The summed E-state index contributed by atoms with van der Waals surface area (Å²) in [6, 6.07) is 6.34. The van der Waals surface area contributed by atoms with Crippen molar-refractivity contribution in [2.75, 3.05) is 31.5 Å². The third kappa shape index (κ3) is 6.15. The van der Waals surface area contributed by atoms with Gasteiger partial charge in [0.2, 0.25) is 8.32 Å². The Labute approximate surface area is 190 Å². The van der Waals surface area contributed by atoms with Crippen LogP contribution in [0, 0.1) is 0 Å². The first-order chi connectivity index (χ1) is 14.4. The number of benzene rings is 1. The molecule has 0 aliphatic carbocycles. The van der Waals surface area contributed by atoms with Crippen LogP contribution in [0.3, 0.4) is 0 Å². The van der Waals surface area contributed by atoms with Crippen LogP contribution in [0.4, 0.5) is 5.69 Å². The minimum atomic E-state index is -2.07. The van der Waals surface area contributed by atoms with Crippen LogP contribution in [0.5, 0.6) is 0 Å². The van der Waals surface area contributed by atoms with E-state index in [0.717, 1.165) is 29.5 Å². The quantitative estimate of drug-likeness (QED) is 0.509. The molecule has 3 rings (SSSR count). The summed E-state index contributed by atoms with van der Waals surface area (Å²) >= 11 is 0. The summed E-state index contributed by atoms with van der Waals surface area (Å²) in [6.45, 7) is 20.6. The third-order valence-electron chi connectivity index (χ3n) is 6.13. The molecule has 2 saturated heterocycles. The number of hydroxylamine groups is 1. The minimum absolute atomic E-state index is 0.0854. The van der Waals surface area contributed by atoms with E-state index in [1.165, 1.54) is 0 Å². The Bertz CT molecular complexity index is 702. The van der Waals surface area contributed by atoms with Crippen LogP contribution in [-0.2, 0) is 23.1 Å². The maximum Gasteiger partial charge on any atom is 0.493 e. The van der Waals surface area contributed by atoms with Gasteiger partial charge in [-0.05, 0) is 74.8 Å². The third-order valence-corrected chi connectivity index (χ3v) is 10.4. The van der Waals surface area contributed by atoms with Crippen molar-refractivity contribution < 1.29 is 23.1 Å². The molecule has 2 fully saturated rings. The average molecular weight is 447 g/mol. The predicted octanol–water partition coefficient (Wildman–Crippen LogP) is 3.49. The summed E-state index contributed by atoms with van der Waals surface area (Å²) in [4.78, 5) is 0. The van der Waals surface area contributed by atoms with Gasteiger partial charge in [0.05, 0.1) is 11.2 Å². The van der Waals surface area contributed by atoms with Crippen LogP contribution in [0.25, 0.3) is 0 Å². The lowest BCUT2D eigenvalue weighted by Gasteiger charge is -2.46. The zero-order valence-corrected chi connectivity index (χ0v) is 21.6. The summed E-state index contributed by atoms with van der Waals surface area (Å²) in [7, 11) is -2.84. The normalized spacial score (nSPS) is 19.0. The van der Waals surface area contributed by atoms with Crippen molar-refractivity contribution >= 4 is 39.2 Å². The van der Waals surface area contributed by atoms with E-state index in [9.17, 15) is 0 Å². The highest BCUT2D eigenvalue weighted by atomic mass is 28.4. The van der Waals surface area contributed by atoms with Crippen molar-refractivity contribution in [1.29, 1.82) is 0 Å². The molecular formula is C22H39B2NO5Si. The van der Waals surface area contributed by atoms with Gasteiger partial charge in [-0.25, -0.2) is 0 Å². The summed E-state index contributed by atoms with van der Waals surface area (Å²) < 4.78 is 30.6. The lowest BCUT2D eigenvalue weighted by atomic mass is 9.70. The van der Waals surface area contributed by atoms with E-state index in [0.29, 0.717) is 26.4 Å². The molecule has 0 bridgehead atoms. The Kier molecular flexibility index (Phi) is 7.66. The van der Waals surface area contributed by atoms with Gasteiger partial charge in [-0.1, -0.05) is 26.8 Å². The zero-order valence-electron chi connectivity index (χ0n) is 20.6. The maximum absolute atomic E-state index is 6.85. The number of nitrogens with zero attached hydrogens (tertiary/aromatic N) is 1. The molecule has 0 amide bonds. The lowest BCUT2D eigenvalue weighted by molar-refractivity contribution is 0.143. The molecular weight excluding hydrogens is 408 g/mol. The van der Waals surface area contributed by atoms with Crippen molar-refractivity contribution in [2.24, 2.45) is 0 Å². The SMILES string of the molecule is CC(C)(C)N(O[Si](C)(C)C(C)(C)C)c1cc(B2OCCCO2)cc(B2OCCCO2)c1. The van der Waals surface area contributed by atoms with Crippen molar-refractivity contribution in [3.05, 3.63) is 18.2 Å². The smallest absolute Gasteiger partial charge is 0.407 e. The van der Waals surface area contributed by atoms with Crippen molar-refractivity contribution in [2.45, 2.75) is 78.1 Å². The maximum atomic E-state index is 6.85. The highest BCUT2D eigenvalue weighted by Crippen LogP contribution is 2.39. The molecule has 1 aromatic carbocycles. The highest BCUT2D eigenvalue weighted by molar-refractivity contribution is 6.74. The summed E-state index contributed by atoms with van der Waals surface area (Å²) in [5.41, 5.74) is 2.67. The van der Waals surface area contributed by atoms with Crippen LogP contribution in [0.1, 0.15) is 54.4 Å². The van der Waals surface area contributed by atoms with Gasteiger partial charge >= 0.3 is 14.2 Å². The molecule has 0 atom stereocenters. The Morgan fingerprint density at radius 3 is 1.55 bits per heavy atom. The van der Waals surface area contributed by atoms with Crippen LogP contribution in [0.15, 0.2) is 18.2 Å². The fourth-order valence-corrected chi connectivity index (χ4v) is 4.46. The van der Waals surface area contributed by atoms with Crippen LogP contribution in [0.2, 0.25) is 18.1 Å². The molecule has 9 heteroatoms. The van der Waals surface area contributed by atoms with Gasteiger partial charge in [-0.3, -0.25) is 5.06 Å². The van der Waals surface area contributed by atoms with Crippen LogP contribution < -0.4 is 16.0 Å². The lowest BCUT2D eigenvalue weighted by Crippen LogP contribution is -2.54. The Morgan fingerprint density at radius 2 is 1.19 bits per heavy atom. The van der Waals surface area contributed by atoms with Gasteiger partial charge in [0.1, 0.15) is 0 Å². The molecule has 0 spiro atoms. The topological polar surface area (TPSA) is 49.4 Å². The molecule has 2 heterocycles. The summed E-state index contributed by atoms with van der Waals surface area (Å²) in [5.74, 6) is 0. The number of hydrogen-bond acceptors (Lipinski definition) is 6. The molecule has 0 aromatic heterocycles. The molecule has 1 aromatic rings. The van der Waals surface area contributed by atoms with E-state index >= 15 is 0 Å². The molecule has 31 heavy (non-hydrogen) atoms. The predicted molar refractivity (Wildman–Crippen MR) is 131 cm³/mol. The van der Waals surface area contributed by atoms with E-state index in [2.05, 4.69) is 77.9 Å². The Balaban J connectivity index is 2.04. The molecule has 2 aliphatic rings. The molecule has 0 saturated carbocycles. The second-order valence-electron chi connectivity index (χ2n) is 11.0. The van der Waals surface area contributed by atoms with E-state index in [1.54, 1.807) is 0 Å². The van der Waals surface area contributed by atoms with Gasteiger partial charge in [-0.15, -0.1) is 0 Å². The molecule has 0 N–H and O–H groups in total. The van der Waals surface area contributed by atoms with E-state index in [4.69, 9.17) is 23.1 Å². The number of rotatable bonds is 5. The first kappa shape index (κ1) is 24.8. The van der Waals surface area contributed by atoms with Crippen LogP contribution >= 0.6 is 0 Å². The fourth-order valence-electron chi connectivity index (χ4n) is 3.35. The standard InChI is InChI=1S/C22H39B2NO5Si/c1-21(2,3)25(30-31(7,8)22(4,5)6)20-16-18(23-26-11-9-12-27-23)15-19(17-20)24-28-13-10-14-29-24/h15-17H,9-14H2,1-8H3. The van der Waals surface area contributed by atoms with Gasteiger partial charge in [-0.2, -0.15) is 0 Å². The fraction of sp³-hybridized carbons (Fsp3) is 0.727. The van der Waals surface area contributed by atoms with Gasteiger partial charge in [0.25, 0.3) is 0 Å². The number of hydrogen-bond donors (Lipinski definition) is 0.